The van der Waals surface area contributed by atoms with E-state index < -0.39 is 0 Å². The molecule has 1 atom stereocenters. The van der Waals surface area contributed by atoms with Crippen molar-refractivity contribution < 1.29 is 0 Å². The molecule has 6 heteroatoms. The summed E-state index contributed by atoms with van der Waals surface area (Å²) in [5.74, 6) is 1.49. The highest BCUT2D eigenvalue weighted by Crippen LogP contribution is 2.24. The van der Waals surface area contributed by atoms with Gasteiger partial charge in [0.25, 0.3) is 5.56 Å². The lowest BCUT2D eigenvalue weighted by Crippen LogP contribution is -2.25. The van der Waals surface area contributed by atoms with E-state index in [0.717, 1.165) is 30.7 Å². The maximum Gasteiger partial charge on any atom is 0.266 e. The molecule has 2 heterocycles. The van der Waals surface area contributed by atoms with Crippen LogP contribution in [-0.4, -0.2) is 28.4 Å². The van der Waals surface area contributed by atoms with Crippen molar-refractivity contribution in [2.24, 2.45) is 5.92 Å². The third-order valence-electron chi connectivity index (χ3n) is 2.58. The Morgan fingerprint density at radius 2 is 2.53 bits per heavy atom. The fourth-order valence-electron chi connectivity index (χ4n) is 1.75. The molecule has 1 aliphatic rings. The maximum absolute atomic E-state index is 11.4. The number of H-pyrrole nitrogens is 1. The van der Waals surface area contributed by atoms with Crippen LogP contribution in [0, 0.1) is 9.49 Å². The van der Waals surface area contributed by atoms with E-state index in [0.29, 0.717) is 9.49 Å². The molecule has 1 aromatic rings. The van der Waals surface area contributed by atoms with Crippen molar-refractivity contribution in [3.05, 3.63) is 20.3 Å². The van der Waals surface area contributed by atoms with Gasteiger partial charge in [-0.15, -0.1) is 0 Å². The van der Waals surface area contributed by atoms with E-state index in [4.69, 9.17) is 0 Å². The number of nitrogens with one attached hydrogen (secondary N) is 1. The third kappa shape index (κ3) is 2.35. The van der Waals surface area contributed by atoms with Crippen molar-refractivity contribution in [3.8, 4) is 0 Å². The Kier molecular flexibility index (Phi) is 3.65. The van der Waals surface area contributed by atoms with Crippen molar-refractivity contribution in [2.45, 2.75) is 6.42 Å². The molecule has 0 spiro atoms. The summed E-state index contributed by atoms with van der Waals surface area (Å²) < 4.78 is 0.685. The Hall–Kier alpha value is -0.110. The van der Waals surface area contributed by atoms with Gasteiger partial charge < -0.3 is 9.88 Å². The largest absolute Gasteiger partial charge is 0.355 e. The Labute approximate surface area is 110 Å². The lowest BCUT2D eigenvalue weighted by molar-refractivity contribution is 0.675. The van der Waals surface area contributed by atoms with Gasteiger partial charge in [0.15, 0.2) is 0 Å². The summed E-state index contributed by atoms with van der Waals surface area (Å²) in [7, 11) is 0. The molecule has 1 fully saturated rings. The zero-order chi connectivity index (χ0) is 10.8. The average molecular weight is 384 g/mol. The fourth-order valence-corrected chi connectivity index (χ4v) is 2.91. The van der Waals surface area contributed by atoms with Crippen molar-refractivity contribution in [1.29, 1.82) is 0 Å². The Balaban J connectivity index is 2.24. The molecule has 0 bridgehead atoms. The van der Waals surface area contributed by atoms with Crippen LogP contribution in [0.3, 0.4) is 0 Å². The summed E-state index contributed by atoms with van der Waals surface area (Å²) in [5, 5.41) is 1.02. The molecule has 1 unspecified atom stereocenters. The normalized spacial score (nSPS) is 20.9. The monoisotopic (exact) mass is 383 g/mol. The number of aromatic nitrogens is 2. The van der Waals surface area contributed by atoms with Gasteiger partial charge in [0, 0.05) is 18.4 Å². The smallest absolute Gasteiger partial charge is 0.266 e. The van der Waals surface area contributed by atoms with Gasteiger partial charge >= 0.3 is 0 Å². The van der Waals surface area contributed by atoms with E-state index in [1.165, 1.54) is 6.33 Å². The van der Waals surface area contributed by atoms with Crippen LogP contribution in [0.15, 0.2) is 11.1 Å². The topological polar surface area (TPSA) is 49.0 Å². The fraction of sp³-hybridized carbons (Fsp3) is 0.556. The number of hydrogen-bond acceptors (Lipinski definition) is 3. The molecule has 2 rings (SSSR count). The predicted octanol–water partition coefficient (Wildman–Crippen LogP) is 1.60. The second-order valence-electron chi connectivity index (χ2n) is 3.62. The Bertz CT molecular complexity index is 409. The SMILES string of the molecule is O=c1[nH]cnc(N2CCC(CBr)C2)c1I. The molecule has 1 N–H and O–H groups in total. The first-order valence-corrected chi connectivity index (χ1v) is 6.96. The van der Waals surface area contributed by atoms with Crippen LogP contribution in [0.2, 0.25) is 0 Å². The molecular weight excluding hydrogens is 373 g/mol. The number of anilines is 1. The summed E-state index contributed by atoms with van der Waals surface area (Å²) in [6.07, 6.45) is 2.64. The lowest BCUT2D eigenvalue weighted by atomic mass is 10.2. The molecule has 0 aromatic carbocycles. The average Bonchev–Trinajstić information content (AvgIpc) is 2.70. The van der Waals surface area contributed by atoms with Crippen molar-refractivity contribution >= 4 is 44.3 Å². The number of alkyl halides is 1. The van der Waals surface area contributed by atoms with Gasteiger partial charge in [0.2, 0.25) is 0 Å². The maximum atomic E-state index is 11.4. The number of aromatic amines is 1. The van der Waals surface area contributed by atoms with Gasteiger partial charge in [-0.05, 0) is 34.9 Å². The number of nitrogens with zero attached hydrogens (tertiary/aromatic N) is 2. The van der Waals surface area contributed by atoms with Gasteiger partial charge in [0.1, 0.15) is 9.39 Å². The Morgan fingerprint density at radius 1 is 1.73 bits per heavy atom. The zero-order valence-corrected chi connectivity index (χ0v) is 11.8. The standard InChI is InChI=1S/C9H11BrIN3O/c10-3-6-1-2-14(4-6)8-7(11)9(15)13-5-12-8/h5-6H,1-4H2,(H,12,13,15). The van der Waals surface area contributed by atoms with Crippen molar-refractivity contribution in [3.63, 3.8) is 0 Å². The van der Waals surface area contributed by atoms with Crippen molar-refractivity contribution in [1.82, 2.24) is 9.97 Å². The van der Waals surface area contributed by atoms with Crippen LogP contribution in [0.4, 0.5) is 5.82 Å². The molecule has 4 nitrogen and oxygen atoms in total. The summed E-state index contributed by atoms with van der Waals surface area (Å²) in [6, 6.07) is 0. The molecule has 0 saturated carbocycles. The van der Waals surface area contributed by atoms with Crippen molar-refractivity contribution in [2.75, 3.05) is 23.3 Å². The number of halogens is 2. The molecule has 82 valence electrons. The third-order valence-corrected chi connectivity index (χ3v) is 4.47. The molecular formula is C9H11BrIN3O. The summed E-state index contributed by atoms with van der Waals surface area (Å²) in [6.45, 7) is 1.97. The summed E-state index contributed by atoms with van der Waals surface area (Å²) >= 11 is 5.55. The van der Waals surface area contributed by atoms with Gasteiger partial charge in [-0.3, -0.25) is 4.79 Å². The van der Waals surface area contributed by atoms with Gasteiger partial charge in [-0.25, -0.2) is 4.98 Å². The van der Waals surface area contributed by atoms with E-state index >= 15 is 0 Å². The molecule has 1 saturated heterocycles. The first-order chi connectivity index (χ1) is 7.22. The quantitative estimate of drug-likeness (QED) is 0.623. The highest BCUT2D eigenvalue weighted by molar-refractivity contribution is 14.1. The minimum absolute atomic E-state index is 0.0529. The molecule has 1 aromatic heterocycles. The second-order valence-corrected chi connectivity index (χ2v) is 5.35. The minimum atomic E-state index is -0.0529. The first kappa shape index (κ1) is 11.4. The Morgan fingerprint density at radius 3 is 3.20 bits per heavy atom. The van der Waals surface area contributed by atoms with Gasteiger partial charge in [-0.1, -0.05) is 15.9 Å². The summed E-state index contributed by atoms with van der Waals surface area (Å²) in [4.78, 5) is 20.4. The second kappa shape index (κ2) is 4.82. The lowest BCUT2D eigenvalue weighted by Gasteiger charge is -2.17. The van der Waals surface area contributed by atoms with Crippen LogP contribution in [0.5, 0.6) is 0 Å². The van der Waals surface area contributed by atoms with Crippen LogP contribution < -0.4 is 10.5 Å². The number of rotatable bonds is 2. The van der Waals surface area contributed by atoms with Crippen LogP contribution in [0.1, 0.15) is 6.42 Å². The summed E-state index contributed by atoms with van der Waals surface area (Å²) in [5.41, 5.74) is -0.0529. The molecule has 1 aliphatic heterocycles. The van der Waals surface area contributed by atoms with E-state index in [9.17, 15) is 4.79 Å². The molecule has 0 radical (unpaired) electrons. The molecule has 0 aliphatic carbocycles. The van der Waals surface area contributed by atoms with E-state index in [2.05, 4.69) is 53.4 Å². The van der Waals surface area contributed by atoms with Gasteiger partial charge in [-0.2, -0.15) is 0 Å². The molecule has 15 heavy (non-hydrogen) atoms. The van der Waals surface area contributed by atoms with E-state index in [1.807, 2.05) is 0 Å². The van der Waals surface area contributed by atoms with E-state index in [1.54, 1.807) is 0 Å². The van der Waals surface area contributed by atoms with Gasteiger partial charge in [0.05, 0.1) is 6.33 Å². The van der Waals surface area contributed by atoms with Crippen LogP contribution in [0.25, 0.3) is 0 Å². The highest BCUT2D eigenvalue weighted by atomic mass is 127. The molecule has 0 amide bonds. The minimum Gasteiger partial charge on any atom is -0.355 e. The van der Waals surface area contributed by atoms with Crippen LogP contribution in [-0.2, 0) is 0 Å². The predicted molar refractivity (Wildman–Crippen MR) is 71.7 cm³/mol. The zero-order valence-electron chi connectivity index (χ0n) is 8.04. The number of hydrogen-bond donors (Lipinski definition) is 1. The van der Waals surface area contributed by atoms with Crippen LogP contribution >= 0.6 is 38.5 Å². The highest BCUT2D eigenvalue weighted by Gasteiger charge is 2.24. The van der Waals surface area contributed by atoms with E-state index in [-0.39, 0.29) is 5.56 Å². The first-order valence-electron chi connectivity index (χ1n) is 4.76.